The Bertz CT molecular complexity index is 272. The molecule has 0 aliphatic carbocycles. The standard InChI is InChI=1S/C11H17NO2/c1-8(2)12(9(3)13)10-4-6-11(14)7-5-10/h4-9,13-14H,1-3H3. The molecule has 0 bridgehead atoms. The highest BCUT2D eigenvalue weighted by molar-refractivity contribution is 5.49. The molecular formula is C11H17NO2. The van der Waals surface area contributed by atoms with E-state index in [-0.39, 0.29) is 11.8 Å². The highest BCUT2D eigenvalue weighted by Crippen LogP contribution is 2.21. The third-order valence-corrected chi connectivity index (χ3v) is 2.11. The van der Waals surface area contributed by atoms with E-state index in [1.165, 1.54) is 0 Å². The van der Waals surface area contributed by atoms with E-state index in [0.29, 0.717) is 0 Å². The van der Waals surface area contributed by atoms with Crippen LogP contribution in [-0.4, -0.2) is 22.5 Å². The average Bonchev–Trinajstić information content (AvgIpc) is 2.07. The molecule has 1 unspecified atom stereocenters. The quantitative estimate of drug-likeness (QED) is 0.724. The van der Waals surface area contributed by atoms with Crippen molar-refractivity contribution >= 4 is 5.69 Å². The fraction of sp³-hybridized carbons (Fsp3) is 0.455. The number of anilines is 1. The number of hydrogen-bond acceptors (Lipinski definition) is 3. The Balaban J connectivity index is 2.94. The van der Waals surface area contributed by atoms with Gasteiger partial charge < -0.3 is 15.1 Å². The van der Waals surface area contributed by atoms with Crippen molar-refractivity contribution in [3.05, 3.63) is 24.3 Å². The van der Waals surface area contributed by atoms with Gasteiger partial charge in [0.25, 0.3) is 0 Å². The number of rotatable bonds is 3. The van der Waals surface area contributed by atoms with Crippen molar-refractivity contribution in [2.75, 3.05) is 4.90 Å². The lowest BCUT2D eigenvalue weighted by molar-refractivity contribution is 0.180. The van der Waals surface area contributed by atoms with Crippen LogP contribution in [0, 0.1) is 0 Å². The largest absolute Gasteiger partial charge is 0.508 e. The molecule has 3 heteroatoms. The Kier molecular flexibility index (Phi) is 3.36. The van der Waals surface area contributed by atoms with Crippen LogP contribution in [0.15, 0.2) is 24.3 Å². The molecule has 1 aromatic carbocycles. The molecule has 0 aliphatic rings. The predicted molar refractivity (Wildman–Crippen MR) is 57.4 cm³/mol. The van der Waals surface area contributed by atoms with Crippen LogP contribution in [0.3, 0.4) is 0 Å². The van der Waals surface area contributed by atoms with Crippen LogP contribution in [0.2, 0.25) is 0 Å². The molecule has 0 radical (unpaired) electrons. The van der Waals surface area contributed by atoms with Crippen molar-refractivity contribution in [1.82, 2.24) is 0 Å². The molecule has 2 N–H and O–H groups in total. The summed E-state index contributed by atoms with van der Waals surface area (Å²) >= 11 is 0. The number of phenolic OH excluding ortho intramolecular Hbond substituents is 1. The Hall–Kier alpha value is -1.22. The topological polar surface area (TPSA) is 43.7 Å². The summed E-state index contributed by atoms with van der Waals surface area (Å²) in [6.45, 7) is 5.76. The van der Waals surface area contributed by atoms with Gasteiger partial charge in [0.05, 0.1) is 0 Å². The number of nitrogens with zero attached hydrogens (tertiary/aromatic N) is 1. The number of phenols is 1. The van der Waals surface area contributed by atoms with Gasteiger partial charge in [0, 0.05) is 11.7 Å². The second-order valence-corrected chi connectivity index (χ2v) is 3.65. The highest BCUT2D eigenvalue weighted by atomic mass is 16.3. The molecule has 3 nitrogen and oxygen atoms in total. The van der Waals surface area contributed by atoms with Gasteiger partial charge in [0.15, 0.2) is 0 Å². The smallest absolute Gasteiger partial charge is 0.124 e. The van der Waals surface area contributed by atoms with Crippen LogP contribution >= 0.6 is 0 Å². The van der Waals surface area contributed by atoms with Crippen LogP contribution in [0.1, 0.15) is 20.8 Å². The fourth-order valence-electron chi connectivity index (χ4n) is 1.57. The van der Waals surface area contributed by atoms with E-state index < -0.39 is 6.23 Å². The predicted octanol–water partition coefficient (Wildman–Crippen LogP) is 1.95. The zero-order valence-electron chi connectivity index (χ0n) is 8.81. The van der Waals surface area contributed by atoms with Gasteiger partial charge in [-0.15, -0.1) is 0 Å². The molecule has 14 heavy (non-hydrogen) atoms. The third kappa shape index (κ3) is 2.39. The molecule has 0 spiro atoms. The van der Waals surface area contributed by atoms with Gasteiger partial charge in [-0.2, -0.15) is 0 Å². The minimum Gasteiger partial charge on any atom is -0.508 e. The van der Waals surface area contributed by atoms with Gasteiger partial charge in [-0.05, 0) is 45.0 Å². The molecule has 0 saturated carbocycles. The van der Waals surface area contributed by atoms with E-state index in [0.717, 1.165) is 5.69 Å². The number of hydrogen-bond donors (Lipinski definition) is 2. The third-order valence-electron chi connectivity index (χ3n) is 2.11. The van der Waals surface area contributed by atoms with Crippen molar-refractivity contribution in [2.45, 2.75) is 33.0 Å². The lowest BCUT2D eigenvalue weighted by Gasteiger charge is -2.31. The van der Waals surface area contributed by atoms with Crippen LogP contribution < -0.4 is 4.90 Å². The van der Waals surface area contributed by atoms with Gasteiger partial charge in [-0.25, -0.2) is 0 Å². The molecule has 0 heterocycles. The van der Waals surface area contributed by atoms with Gasteiger partial charge in [-0.1, -0.05) is 0 Å². The SMILES string of the molecule is CC(C)N(c1ccc(O)cc1)C(C)O. The summed E-state index contributed by atoms with van der Waals surface area (Å²) < 4.78 is 0. The summed E-state index contributed by atoms with van der Waals surface area (Å²) in [5.74, 6) is 0.239. The molecular weight excluding hydrogens is 178 g/mol. The van der Waals surface area contributed by atoms with Crippen LogP contribution in [0.5, 0.6) is 5.75 Å². The first-order valence-corrected chi connectivity index (χ1v) is 4.78. The minimum atomic E-state index is -0.528. The number of aliphatic hydroxyl groups excluding tert-OH is 1. The monoisotopic (exact) mass is 195 g/mol. The summed E-state index contributed by atoms with van der Waals surface area (Å²) in [5.41, 5.74) is 0.910. The summed E-state index contributed by atoms with van der Waals surface area (Å²) in [6, 6.07) is 7.05. The molecule has 0 saturated heterocycles. The zero-order valence-corrected chi connectivity index (χ0v) is 8.81. The summed E-state index contributed by atoms with van der Waals surface area (Å²) in [6.07, 6.45) is -0.528. The summed E-state index contributed by atoms with van der Waals surface area (Å²) in [5, 5.41) is 18.7. The van der Waals surface area contributed by atoms with Gasteiger partial charge >= 0.3 is 0 Å². The first kappa shape index (κ1) is 10.9. The van der Waals surface area contributed by atoms with Crippen LogP contribution in [0.25, 0.3) is 0 Å². The van der Waals surface area contributed by atoms with E-state index >= 15 is 0 Å². The van der Waals surface area contributed by atoms with Gasteiger partial charge in [0.1, 0.15) is 12.0 Å². The first-order chi connectivity index (χ1) is 6.52. The Morgan fingerprint density at radius 3 is 1.93 bits per heavy atom. The summed E-state index contributed by atoms with van der Waals surface area (Å²) in [7, 11) is 0. The second-order valence-electron chi connectivity index (χ2n) is 3.65. The maximum Gasteiger partial charge on any atom is 0.124 e. The molecule has 1 atom stereocenters. The van der Waals surface area contributed by atoms with Gasteiger partial charge in [0.2, 0.25) is 0 Å². The molecule has 0 aromatic heterocycles. The molecule has 1 rings (SSSR count). The fourth-order valence-corrected chi connectivity index (χ4v) is 1.57. The van der Waals surface area contributed by atoms with Gasteiger partial charge in [-0.3, -0.25) is 0 Å². The minimum absolute atomic E-state index is 0.222. The average molecular weight is 195 g/mol. The summed E-state index contributed by atoms with van der Waals surface area (Å²) in [4.78, 5) is 1.87. The van der Waals surface area contributed by atoms with Crippen molar-refractivity contribution in [1.29, 1.82) is 0 Å². The first-order valence-electron chi connectivity index (χ1n) is 4.78. The number of aromatic hydroxyl groups is 1. The molecule has 0 aliphatic heterocycles. The van der Waals surface area contributed by atoms with E-state index in [1.54, 1.807) is 31.2 Å². The van der Waals surface area contributed by atoms with Crippen LogP contribution in [0.4, 0.5) is 5.69 Å². The Morgan fingerprint density at radius 2 is 1.57 bits per heavy atom. The van der Waals surface area contributed by atoms with Crippen molar-refractivity contribution in [3.8, 4) is 5.75 Å². The maximum absolute atomic E-state index is 9.57. The lowest BCUT2D eigenvalue weighted by atomic mass is 10.2. The molecule has 0 fully saturated rings. The van der Waals surface area contributed by atoms with E-state index in [1.807, 2.05) is 18.7 Å². The second kappa shape index (κ2) is 4.33. The Labute approximate surface area is 84.6 Å². The van der Waals surface area contributed by atoms with E-state index in [9.17, 15) is 5.11 Å². The van der Waals surface area contributed by atoms with Crippen LogP contribution in [-0.2, 0) is 0 Å². The highest BCUT2D eigenvalue weighted by Gasteiger charge is 2.14. The van der Waals surface area contributed by atoms with E-state index in [2.05, 4.69) is 0 Å². The van der Waals surface area contributed by atoms with Crippen molar-refractivity contribution in [2.24, 2.45) is 0 Å². The molecule has 1 aromatic rings. The zero-order chi connectivity index (χ0) is 10.7. The maximum atomic E-state index is 9.57. The van der Waals surface area contributed by atoms with Crippen molar-refractivity contribution < 1.29 is 10.2 Å². The molecule has 78 valence electrons. The Morgan fingerprint density at radius 1 is 1.07 bits per heavy atom. The van der Waals surface area contributed by atoms with Crippen molar-refractivity contribution in [3.63, 3.8) is 0 Å². The normalized spacial score (nSPS) is 12.9. The molecule has 0 amide bonds. The number of benzene rings is 1. The number of aliphatic hydroxyl groups is 1. The van der Waals surface area contributed by atoms with E-state index in [4.69, 9.17) is 5.11 Å². The lowest BCUT2D eigenvalue weighted by Crippen LogP contribution is -2.38.